The molecule has 0 aromatic carbocycles. The highest BCUT2D eigenvalue weighted by molar-refractivity contribution is 7.47. The molecule has 0 aromatic rings. The highest BCUT2D eigenvalue weighted by Gasteiger charge is 2.25. The van der Waals surface area contributed by atoms with E-state index < -0.39 is 0 Å². The van der Waals surface area contributed by atoms with Crippen LogP contribution in [0.15, 0.2) is 69.4 Å². The van der Waals surface area contributed by atoms with Crippen molar-refractivity contribution in [2.45, 2.75) is 20.3 Å². The molecule has 92 valence electrons. The second-order valence-corrected chi connectivity index (χ2v) is 7.93. The van der Waals surface area contributed by atoms with E-state index in [1.54, 1.807) is 11.1 Å². The van der Waals surface area contributed by atoms with Crippen LogP contribution in [0.25, 0.3) is 0 Å². The van der Waals surface area contributed by atoms with Gasteiger partial charge in [-0.05, 0) is 65.3 Å². The highest BCUT2D eigenvalue weighted by Crippen LogP contribution is 2.46. The zero-order valence-corrected chi connectivity index (χ0v) is 12.9. The largest absolute Gasteiger partial charge is 0.0642 e. The zero-order chi connectivity index (χ0) is 13.0. The van der Waals surface area contributed by atoms with Crippen molar-refractivity contribution in [2.75, 3.05) is 0 Å². The Labute approximate surface area is 117 Å². The maximum Gasteiger partial charge on any atom is 0.00959 e. The van der Waals surface area contributed by atoms with Gasteiger partial charge < -0.3 is 0 Å². The molecule has 0 unspecified atom stereocenters. The van der Waals surface area contributed by atoms with Crippen molar-refractivity contribution in [1.29, 1.82) is 0 Å². The van der Waals surface area contributed by atoms with Gasteiger partial charge in [0.05, 0.1) is 0 Å². The van der Waals surface area contributed by atoms with Gasteiger partial charge in [0.25, 0.3) is 0 Å². The maximum atomic E-state index is 2.28. The minimum Gasteiger partial charge on any atom is -0.0642 e. The van der Waals surface area contributed by atoms with E-state index in [4.69, 9.17) is 0 Å². The topological polar surface area (TPSA) is 0 Å². The van der Waals surface area contributed by atoms with Gasteiger partial charge in [0.1, 0.15) is 0 Å². The summed E-state index contributed by atoms with van der Waals surface area (Å²) in [6, 6.07) is 0. The summed E-state index contributed by atoms with van der Waals surface area (Å²) in [6.07, 6.45) is 14.6. The van der Waals surface area contributed by atoms with Crippen molar-refractivity contribution in [3.8, 4) is 0 Å². The third kappa shape index (κ3) is 1.68. The zero-order valence-electron chi connectivity index (χ0n) is 11.1. The first-order valence-corrected chi connectivity index (χ1v) is 8.38. The van der Waals surface area contributed by atoms with E-state index in [1.165, 1.54) is 48.8 Å². The summed E-state index contributed by atoms with van der Waals surface area (Å²) in [6.45, 7) is 4.57. The minimum absolute atomic E-state index is 1.10. The molecule has 0 amide bonds. The molecular formula is C17H14P2. The Kier molecular flexibility index (Phi) is 2.52. The summed E-state index contributed by atoms with van der Waals surface area (Å²) in [5.74, 6) is 0. The quantitative estimate of drug-likeness (QED) is 0.611. The van der Waals surface area contributed by atoms with Crippen LogP contribution >= 0.6 is 16.4 Å². The molecule has 0 saturated carbocycles. The van der Waals surface area contributed by atoms with Crippen LogP contribution < -0.4 is 0 Å². The van der Waals surface area contributed by atoms with Gasteiger partial charge in [0.2, 0.25) is 0 Å². The molecule has 0 aromatic heterocycles. The molecule has 0 saturated heterocycles. The number of fused-ring (bicyclic) bond motifs is 2. The standard InChI is InChI=1S/C17H14P2/c1-10-14(12-5-3-7-16(12)18-10)9-15-11(2)19-17-8-4-6-13(15)17/h3-8H,9H2,1-2H3. The Morgan fingerprint density at radius 2 is 1.26 bits per heavy atom. The monoisotopic (exact) mass is 280 g/mol. The van der Waals surface area contributed by atoms with Gasteiger partial charge in [-0.2, -0.15) is 0 Å². The third-order valence-electron chi connectivity index (χ3n) is 4.04. The molecule has 0 N–H and O–H groups in total. The summed E-state index contributed by atoms with van der Waals surface area (Å²) in [4.78, 5) is 0. The summed E-state index contributed by atoms with van der Waals surface area (Å²) in [5.41, 5.74) is 6.08. The molecule has 0 spiro atoms. The van der Waals surface area contributed by atoms with Gasteiger partial charge in [-0.15, -0.1) is 0 Å². The van der Waals surface area contributed by atoms with Gasteiger partial charge in [0.15, 0.2) is 0 Å². The highest BCUT2D eigenvalue weighted by atomic mass is 31.1. The van der Waals surface area contributed by atoms with E-state index >= 15 is 0 Å². The van der Waals surface area contributed by atoms with Crippen molar-refractivity contribution in [3.05, 3.63) is 69.4 Å². The average molecular weight is 280 g/mol. The number of allylic oxidation sites excluding steroid dienone is 12. The lowest BCUT2D eigenvalue weighted by atomic mass is 9.94. The van der Waals surface area contributed by atoms with E-state index in [0.717, 1.165) is 6.42 Å². The van der Waals surface area contributed by atoms with Crippen molar-refractivity contribution >= 4 is 27.0 Å². The van der Waals surface area contributed by atoms with Crippen molar-refractivity contribution in [2.24, 2.45) is 0 Å². The van der Waals surface area contributed by atoms with Crippen LogP contribution in [0.5, 0.6) is 0 Å². The predicted octanol–water partition coefficient (Wildman–Crippen LogP) is 5.18. The maximum absolute atomic E-state index is 2.28. The fraction of sp³-hybridized carbons (Fsp3) is 0.176. The molecule has 0 radical (unpaired) electrons. The van der Waals surface area contributed by atoms with E-state index in [2.05, 4.69) is 50.3 Å². The van der Waals surface area contributed by atoms with E-state index in [0.29, 0.717) is 0 Å². The lowest BCUT2D eigenvalue weighted by Gasteiger charge is -2.10. The van der Waals surface area contributed by atoms with Crippen LogP contribution in [0.4, 0.5) is 0 Å². The second-order valence-electron chi connectivity index (χ2n) is 5.18. The van der Waals surface area contributed by atoms with Crippen molar-refractivity contribution < 1.29 is 0 Å². The molecule has 19 heavy (non-hydrogen) atoms. The van der Waals surface area contributed by atoms with Crippen LogP contribution in [0.1, 0.15) is 20.3 Å². The number of hydrogen-bond donors (Lipinski definition) is 0. The summed E-state index contributed by atoms with van der Waals surface area (Å²) in [7, 11) is 2.82. The molecule has 2 heteroatoms. The van der Waals surface area contributed by atoms with Gasteiger partial charge in [-0.1, -0.05) is 40.7 Å². The molecular weight excluding hydrogens is 266 g/mol. The molecule has 0 fully saturated rings. The minimum atomic E-state index is 1.10. The van der Waals surface area contributed by atoms with Crippen molar-refractivity contribution in [3.63, 3.8) is 0 Å². The van der Waals surface area contributed by atoms with Crippen LogP contribution in [-0.4, -0.2) is 10.6 Å². The molecule has 0 bridgehead atoms. The SMILES string of the molecule is CC1=PC2=CC=CC2=C1CC1=C2C=CC=C2P=C1C. The van der Waals surface area contributed by atoms with Gasteiger partial charge in [-0.3, -0.25) is 0 Å². The Hall–Kier alpha value is -1.22. The van der Waals surface area contributed by atoms with Crippen LogP contribution in [0.3, 0.4) is 0 Å². The normalized spacial score (nSPS) is 24.5. The number of hydrogen-bond acceptors (Lipinski definition) is 0. The van der Waals surface area contributed by atoms with Crippen molar-refractivity contribution in [1.82, 2.24) is 0 Å². The Balaban J connectivity index is 1.78. The Bertz CT molecular complexity index is 680. The summed E-state index contributed by atoms with van der Waals surface area (Å²) >= 11 is 0. The molecule has 2 aliphatic carbocycles. The number of rotatable bonds is 2. The third-order valence-corrected chi connectivity index (χ3v) is 6.51. The van der Waals surface area contributed by atoms with Gasteiger partial charge >= 0.3 is 0 Å². The first-order valence-electron chi connectivity index (χ1n) is 6.59. The Morgan fingerprint density at radius 3 is 1.74 bits per heavy atom. The lowest BCUT2D eigenvalue weighted by molar-refractivity contribution is 1.23. The van der Waals surface area contributed by atoms with Gasteiger partial charge in [0, 0.05) is 10.6 Å². The summed E-state index contributed by atoms with van der Waals surface area (Å²) in [5, 5.41) is 6.04. The van der Waals surface area contributed by atoms with E-state index in [-0.39, 0.29) is 0 Å². The smallest absolute Gasteiger partial charge is 0.00959 e. The molecule has 4 aliphatic rings. The predicted molar refractivity (Wildman–Crippen MR) is 88.3 cm³/mol. The molecule has 2 heterocycles. The van der Waals surface area contributed by atoms with Crippen LogP contribution in [0.2, 0.25) is 0 Å². The first-order chi connectivity index (χ1) is 9.24. The van der Waals surface area contributed by atoms with Crippen LogP contribution in [0, 0.1) is 0 Å². The lowest BCUT2D eigenvalue weighted by Crippen LogP contribution is -2.02. The average Bonchev–Trinajstić information content (AvgIpc) is 3.06. The molecule has 4 rings (SSSR count). The summed E-state index contributed by atoms with van der Waals surface area (Å²) < 4.78 is 0. The van der Waals surface area contributed by atoms with Crippen LogP contribution in [-0.2, 0) is 0 Å². The molecule has 0 atom stereocenters. The van der Waals surface area contributed by atoms with Gasteiger partial charge in [-0.25, -0.2) is 0 Å². The van der Waals surface area contributed by atoms with E-state index in [1.807, 2.05) is 0 Å². The Morgan fingerprint density at radius 1 is 0.789 bits per heavy atom. The van der Waals surface area contributed by atoms with E-state index in [9.17, 15) is 0 Å². The second kappa shape index (κ2) is 4.14. The molecule has 0 nitrogen and oxygen atoms in total. The molecule has 2 aliphatic heterocycles. The fourth-order valence-corrected chi connectivity index (χ4v) is 5.41. The first kappa shape index (κ1) is 11.6. The fourth-order valence-electron chi connectivity index (χ4n) is 3.04.